The molecule has 70 valence electrons. The van der Waals surface area contributed by atoms with Crippen LogP contribution in [0.1, 0.15) is 20.3 Å². The summed E-state index contributed by atoms with van der Waals surface area (Å²) < 4.78 is 22.3. The second-order valence-electron chi connectivity index (χ2n) is 2.72. The fourth-order valence-electron chi connectivity index (χ4n) is 0.617. The van der Waals surface area contributed by atoms with Gasteiger partial charge in [0.05, 0.1) is 11.0 Å². The van der Waals surface area contributed by atoms with E-state index in [9.17, 15) is 8.42 Å². The molecule has 0 aromatic heterocycles. The van der Waals surface area contributed by atoms with Gasteiger partial charge in [-0.2, -0.15) is 0 Å². The van der Waals surface area contributed by atoms with Crippen molar-refractivity contribution in [2.45, 2.75) is 25.5 Å². The summed E-state index contributed by atoms with van der Waals surface area (Å²) in [6.07, 6.45) is 0.407. The van der Waals surface area contributed by atoms with Crippen molar-refractivity contribution < 1.29 is 8.42 Å². The van der Waals surface area contributed by atoms with Gasteiger partial charge in [-0.15, -0.1) is 0 Å². The van der Waals surface area contributed by atoms with Gasteiger partial charge in [0, 0.05) is 11.5 Å². The second kappa shape index (κ2) is 5.00. The van der Waals surface area contributed by atoms with Crippen LogP contribution in [0.2, 0.25) is 0 Å². The van der Waals surface area contributed by atoms with E-state index in [0.717, 1.165) is 0 Å². The summed E-state index contributed by atoms with van der Waals surface area (Å²) in [4.78, 5) is 2.53. The standard InChI is InChI=1S/C6H13N3O2S/c1-6(2)12(10,11)5-3-4-8-9-7/h6H,3-5H2,1-2H3. The van der Waals surface area contributed by atoms with Gasteiger partial charge in [0.2, 0.25) is 0 Å². The van der Waals surface area contributed by atoms with E-state index in [4.69, 9.17) is 5.53 Å². The molecule has 0 unspecified atom stereocenters. The van der Waals surface area contributed by atoms with E-state index in [2.05, 4.69) is 10.0 Å². The van der Waals surface area contributed by atoms with Crippen LogP contribution in [0.4, 0.5) is 0 Å². The van der Waals surface area contributed by atoms with Crippen LogP contribution in [0.3, 0.4) is 0 Å². The summed E-state index contributed by atoms with van der Waals surface area (Å²) in [5, 5.41) is 2.91. The monoisotopic (exact) mass is 191 g/mol. The highest BCUT2D eigenvalue weighted by atomic mass is 32.2. The Morgan fingerprint density at radius 2 is 2.08 bits per heavy atom. The highest BCUT2D eigenvalue weighted by molar-refractivity contribution is 7.91. The van der Waals surface area contributed by atoms with E-state index in [0.29, 0.717) is 6.42 Å². The van der Waals surface area contributed by atoms with E-state index in [1.807, 2.05) is 0 Å². The lowest BCUT2D eigenvalue weighted by molar-refractivity contribution is 0.585. The first-order chi connectivity index (χ1) is 5.50. The van der Waals surface area contributed by atoms with Crippen molar-refractivity contribution in [2.24, 2.45) is 5.11 Å². The lowest BCUT2D eigenvalue weighted by Gasteiger charge is -2.05. The second-order valence-corrected chi connectivity index (χ2v) is 5.40. The maximum Gasteiger partial charge on any atom is 0.152 e. The first kappa shape index (κ1) is 11.3. The lowest BCUT2D eigenvalue weighted by atomic mass is 10.5. The number of hydrogen-bond acceptors (Lipinski definition) is 3. The quantitative estimate of drug-likeness (QED) is 0.285. The Labute approximate surface area is 72.3 Å². The average Bonchev–Trinajstić information content (AvgIpc) is 1.98. The molecular weight excluding hydrogens is 178 g/mol. The summed E-state index contributed by atoms with van der Waals surface area (Å²) in [5.41, 5.74) is 7.91. The molecule has 6 heteroatoms. The third-order valence-corrected chi connectivity index (χ3v) is 3.76. The molecule has 0 amide bonds. The van der Waals surface area contributed by atoms with Crippen LogP contribution in [-0.2, 0) is 9.84 Å². The van der Waals surface area contributed by atoms with Crippen LogP contribution >= 0.6 is 0 Å². The smallest absolute Gasteiger partial charge is 0.152 e. The predicted molar refractivity (Wildman–Crippen MR) is 47.6 cm³/mol. The number of hydrogen-bond donors (Lipinski definition) is 0. The van der Waals surface area contributed by atoms with Gasteiger partial charge in [-0.3, -0.25) is 0 Å². The zero-order chi connectivity index (χ0) is 9.61. The first-order valence-corrected chi connectivity index (χ1v) is 5.44. The fourth-order valence-corrected chi connectivity index (χ4v) is 1.62. The minimum atomic E-state index is -2.96. The van der Waals surface area contributed by atoms with Crippen LogP contribution in [0, 0.1) is 0 Å². The molecule has 0 saturated heterocycles. The summed E-state index contributed by atoms with van der Waals surface area (Å²) in [5.74, 6) is 0.101. The van der Waals surface area contributed by atoms with Crippen molar-refractivity contribution in [3.8, 4) is 0 Å². The topological polar surface area (TPSA) is 82.9 Å². The van der Waals surface area contributed by atoms with Gasteiger partial charge in [-0.05, 0) is 25.8 Å². The first-order valence-electron chi connectivity index (χ1n) is 3.73. The van der Waals surface area contributed by atoms with E-state index in [-0.39, 0.29) is 17.5 Å². The zero-order valence-corrected chi connectivity index (χ0v) is 8.08. The number of rotatable bonds is 5. The molecule has 0 N–H and O–H groups in total. The molecule has 0 spiro atoms. The van der Waals surface area contributed by atoms with Gasteiger partial charge in [0.1, 0.15) is 0 Å². The summed E-state index contributed by atoms with van der Waals surface area (Å²) >= 11 is 0. The largest absolute Gasteiger partial charge is 0.229 e. The third-order valence-electron chi connectivity index (χ3n) is 1.47. The van der Waals surface area contributed by atoms with Gasteiger partial charge < -0.3 is 0 Å². The maximum absolute atomic E-state index is 11.2. The molecule has 12 heavy (non-hydrogen) atoms. The van der Waals surface area contributed by atoms with Gasteiger partial charge in [-0.25, -0.2) is 8.42 Å². The van der Waals surface area contributed by atoms with Crippen LogP contribution in [0.15, 0.2) is 5.11 Å². The highest BCUT2D eigenvalue weighted by Crippen LogP contribution is 2.02. The fraction of sp³-hybridized carbons (Fsp3) is 1.00. The molecule has 0 fully saturated rings. The number of nitrogens with zero attached hydrogens (tertiary/aromatic N) is 3. The maximum atomic E-state index is 11.2. The van der Waals surface area contributed by atoms with Crippen molar-refractivity contribution in [3.63, 3.8) is 0 Å². The molecule has 0 bridgehead atoms. The molecule has 0 aliphatic carbocycles. The highest BCUT2D eigenvalue weighted by Gasteiger charge is 2.14. The molecule has 0 aliphatic rings. The van der Waals surface area contributed by atoms with Crippen molar-refractivity contribution in [3.05, 3.63) is 10.4 Å². The SMILES string of the molecule is CC(C)S(=O)(=O)CCCN=[N+]=[N-]. The Balaban J connectivity index is 3.86. The van der Waals surface area contributed by atoms with Crippen molar-refractivity contribution >= 4 is 9.84 Å². The normalized spacial score (nSPS) is 11.2. The molecule has 5 nitrogen and oxygen atoms in total. The van der Waals surface area contributed by atoms with Gasteiger partial charge >= 0.3 is 0 Å². The molecule has 0 aromatic carbocycles. The van der Waals surface area contributed by atoms with E-state index >= 15 is 0 Å². The Morgan fingerprint density at radius 3 is 2.50 bits per heavy atom. The van der Waals surface area contributed by atoms with E-state index in [1.54, 1.807) is 13.8 Å². The Kier molecular flexibility index (Phi) is 4.70. The van der Waals surface area contributed by atoms with Crippen molar-refractivity contribution in [2.75, 3.05) is 12.3 Å². The van der Waals surface area contributed by atoms with E-state index < -0.39 is 9.84 Å². The Hall–Kier alpha value is -0.740. The summed E-state index contributed by atoms with van der Waals surface area (Å²) in [7, 11) is -2.96. The molecule has 0 rings (SSSR count). The van der Waals surface area contributed by atoms with Crippen LogP contribution in [-0.4, -0.2) is 26.0 Å². The van der Waals surface area contributed by atoms with Crippen LogP contribution in [0.25, 0.3) is 10.4 Å². The minimum Gasteiger partial charge on any atom is -0.229 e. The zero-order valence-electron chi connectivity index (χ0n) is 7.27. The van der Waals surface area contributed by atoms with Crippen molar-refractivity contribution in [1.82, 2.24) is 0 Å². The number of azide groups is 1. The molecular formula is C6H13N3O2S. The van der Waals surface area contributed by atoms with Crippen LogP contribution < -0.4 is 0 Å². The molecule has 0 aliphatic heterocycles. The molecule has 0 aromatic rings. The molecule has 0 saturated carbocycles. The summed E-state index contributed by atoms with van der Waals surface area (Å²) in [6, 6.07) is 0. The molecule has 0 atom stereocenters. The minimum absolute atomic E-state index is 0.101. The predicted octanol–water partition coefficient (Wildman–Crippen LogP) is 1.51. The van der Waals surface area contributed by atoms with Gasteiger partial charge in [0.25, 0.3) is 0 Å². The Bertz CT molecular complexity index is 265. The van der Waals surface area contributed by atoms with Gasteiger partial charge in [-0.1, -0.05) is 5.11 Å². The van der Waals surface area contributed by atoms with Gasteiger partial charge in [0.15, 0.2) is 9.84 Å². The molecule has 0 radical (unpaired) electrons. The summed E-state index contributed by atoms with van der Waals surface area (Å²) in [6.45, 7) is 3.54. The lowest BCUT2D eigenvalue weighted by Crippen LogP contribution is -2.18. The van der Waals surface area contributed by atoms with Crippen LogP contribution in [0.5, 0.6) is 0 Å². The van der Waals surface area contributed by atoms with E-state index in [1.165, 1.54) is 0 Å². The molecule has 0 heterocycles. The Morgan fingerprint density at radius 1 is 1.50 bits per heavy atom. The average molecular weight is 191 g/mol. The van der Waals surface area contributed by atoms with Crippen molar-refractivity contribution in [1.29, 1.82) is 0 Å². The third kappa shape index (κ3) is 4.20. The number of sulfone groups is 1.